The zero-order chi connectivity index (χ0) is 13.7. The van der Waals surface area contributed by atoms with Gasteiger partial charge in [-0.3, -0.25) is 0 Å². The highest BCUT2D eigenvalue weighted by molar-refractivity contribution is 5.65. The molecule has 0 aliphatic heterocycles. The molecule has 2 nitrogen and oxygen atoms in total. The van der Waals surface area contributed by atoms with Crippen molar-refractivity contribution in [2.75, 3.05) is 7.11 Å². The summed E-state index contributed by atoms with van der Waals surface area (Å²) in [7, 11) is 1.63. The van der Waals surface area contributed by atoms with Crippen molar-refractivity contribution in [1.82, 2.24) is 0 Å². The molecule has 0 amide bonds. The van der Waals surface area contributed by atoms with Gasteiger partial charge in [-0.25, -0.2) is 0 Å². The minimum atomic E-state index is -0.168. The van der Waals surface area contributed by atoms with Crippen molar-refractivity contribution < 1.29 is 9.53 Å². The van der Waals surface area contributed by atoms with Gasteiger partial charge in [0.25, 0.3) is 0 Å². The second-order valence-corrected chi connectivity index (χ2v) is 4.67. The van der Waals surface area contributed by atoms with E-state index in [1.54, 1.807) is 7.11 Å². The van der Waals surface area contributed by atoms with Gasteiger partial charge in [0.05, 0.1) is 7.11 Å². The largest absolute Gasteiger partial charge is 0.496 e. The predicted molar refractivity (Wildman–Crippen MR) is 76.7 cm³/mol. The molecule has 0 aliphatic rings. The summed E-state index contributed by atoms with van der Waals surface area (Å²) in [4.78, 5) is 11.4. The average molecular weight is 254 g/mol. The molecule has 0 saturated heterocycles. The topological polar surface area (TPSA) is 26.3 Å². The highest BCUT2D eigenvalue weighted by Crippen LogP contribution is 2.27. The fourth-order valence-corrected chi connectivity index (χ4v) is 2.18. The van der Waals surface area contributed by atoms with Crippen LogP contribution in [0.15, 0.2) is 48.5 Å². The molecule has 0 fully saturated rings. The summed E-state index contributed by atoms with van der Waals surface area (Å²) in [6.45, 7) is 2.06. The van der Waals surface area contributed by atoms with E-state index in [2.05, 4.69) is 31.2 Å². The average Bonchev–Trinajstić information content (AvgIpc) is 2.46. The standard InChI is InChI=1S/C17H18O2/c1-13-7-9-14(10-8-13)11-15(12-18)16-5-3-4-6-17(16)19-2/h3-10,12,15H,11H2,1-2H3. The van der Waals surface area contributed by atoms with Gasteiger partial charge in [0, 0.05) is 11.5 Å². The summed E-state index contributed by atoms with van der Waals surface area (Å²) in [5.74, 6) is 0.602. The van der Waals surface area contributed by atoms with Crippen LogP contribution in [0, 0.1) is 6.92 Å². The highest BCUT2D eigenvalue weighted by Gasteiger charge is 2.15. The molecular formula is C17H18O2. The Morgan fingerprint density at radius 3 is 2.42 bits per heavy atom. The van der Waals surface area contributed by atoms with E-state index in [4.69, 9.17) is 4.74 Å². The lowest BCUT2D eigenvalue weighted by Crippen LogP contribution is -2.06. The molecule has 19 heavy (non-hydrogen) atoms. The molecule has 2 aromatic carbocycles. The number of rotatable bonds is 5. The van der Waals surface area contributed by atoms with E-state index >= 15 is 0 Å². The lowest BCUT2D eigenvalue weighted by atomic mass is 9.92. The van der Waals surface area contributed by atoms with E-state index in [9.17, 15) is 4.79 Å². The Bertz CT molecular complexity index is 543. The summed E-state index contributed by atoms with van der Waals surface area (Å²) in [5.41, 5.74) is 3.33. The molecule has 98 valence electrons. The number of hydrogen-bond acceptors (Lipinski definition) is 2. The zero-order valence-electron chi connectivity index (χ0n) is 11.3. The van der Waals surface area contributed by atoms with Crippen LogP contribution in [0.25, 0.3) is 0 Å². The third-order valence-electron chi connectivity index (χ3n) is 3.28. The minimum absolute atomic E-state index is 0.168. The van der Waals surface area contributed by atoms with E-state index in [1.165, 1.54) is 5.56 Å². The monoisotopic (exact) mass is 254 g/mol. The molecule has 0 aromatic heterocycles. The van der Waals surface area contributed by atoms with Gasteiger partial charge in [0.15, 0.2) is 0 Å². The molecule has 0 aliphatic carbocycles. The van der Waals surface area contributed by atoms with Crippen LogP contribution >= 0.6 is 0 Å². The van der Waals surface area contributed by atoms with Crippen molar-refractivity contribution in [3.05, 3.63) is 65.2 Å². The van der Waals surface area contributed by atoms with Gasteiger partial charge in [-0.1, -0.05) is 48.0 Å². The summed E-state index contributed by atoms with van der Waals surface area (Å²) in [6.07, 6.45) is 1.70. The Labute approximate surface area is 114 Å². The van der Waals surface area contributed by atoms with Crippen molar-refractivity contribution in [3.63, 3.8) is 0 Å². The first-order valence-corrected chi connectivity index (χ1v) is 6.38. The molecule has 0 saturated carbocycles. The Morgan fingerprint density at radius 1 is 1.11 bits per heavy atom. The molecule has 0 heterocycles. The van der Waals surface area contributed by atoms with Gasteiger partial charge in [-0.05, 0) is 25.0 Å². The van der Waals surface area contributed by atoms with Crippen LogP contribution in [0.3, 0.4) is 0 Å². The lowest BCUT2D eigenvalue weighted by Gasteiger charge is -2.14. The first-order chi connectivity index (χ1) is 9.24. The van der Waals surface area contributed by atoms with Crippen molar-refractivity contribution in [3.8, 4) is 5.75 Å². The number of hydrogen-bond donors (Lipinski definition) is 0. The molecule has 1 unspecified atom stereocenters. The van der Waals surface area contributed by atoms with E-state index < -0.39 is 0 Å². The van der Waals surface area contributed by atoms with E-state index in [-0.39, 0.29) is 5.92 Å². The summed E-state index contributed by atoms with van der Waals surface area (Å²) < 4.78 is 5.33. The van der Waals surface area contributed by atoms with Crippen molar-refractivity contribution in [2.45, 2.75) is 19.3 Å². The van der Waals surface area contributed by atoms with Gasteiger partial charge in [0.1, 0.15) is 12.0 Å². The maximum Gasteiger partial charge on any atom is 0.127 e. The fourth-order valence-electron chi connectivity index (χ4n) is 2.18. The number of ether oxygens (including phenoxy) is 1. The normalized spacial score (nSPS) is 11.9. The number of carbonyl (C=O) groups is 1. The third kappa shape index (κ3) is 3.22. The third-order valence-corrected chi connectivity index (χ3v) is 3.28. The molecule has 1 atom stereocenters. The molecule has 2 heteroatoms. The second kappa shape index (κ2) is 6.19. The van der Waals surface area contributed by atoms with Crippen LogP contribution in [0.2, 0.25) is 0 Å². The zero-order valence-corrected chi connectivity index (χ0v) is 11.3. The molecule has 0 radical (unpaired) electrons. The Hall–Kier alpha value is -2.09. The first kappa shape index (κ1) is 13.3. The SMILES string of the molecule is COc1ccccc1C(C=O)Cc1ccc(C)cc1. The van der Waals surface area contributed by atoms with Gasteiger partial charge in [0.2, 0.25) is 0 Å². The number of para-hydroxylation sites is 1. The van der Waals surface area contributed by atoms with Crippen LogP contribution in [0.4, 0.5) is 0 Å². The molecule has 2 rings (SSSR count). The number of aldehydes is 1. The van der Waals surface area contributed by atoms with Gasteiger partial charge in [-0.15, -0.1) is 0 Å². The Morgan fingerprint density at radius 2 is 1.79 bits per heavy atom. The predicted octanol–water partition coefficient (Wildman–Crippen LogP) is 3.53. The molecule has 0 spiro atoms. The van der Waals surface area contributed by atoms with Crippen LogP contribution in [0.5, 0.6) is 5.75 Å². The summed E-state index contributed by atoms with van der Waals surface area (Å²) >= 11 is 0. The van der Waals surface area contributed by atoms with Crippen molar-refractivity contribution in [1.29, 1.82) is 0 Å². The summed E-state index contributed by atoms with van der Waals surface area (Å²) in [6, 6.07) is 16.0. The van der Waals surface area contributed by atoms with Crippen LogP contribution in [-0.2, 0) is 11.2 Å². The maximum atomic E-state index is 11.4. The molecule has 0 bridgehead atoms. The van der Waals surface area contributed by atoms with Gasteiger partial charge in [-0.2, -0.15) is 0 Å². The van der Waals surface area contributed by atoms with Gasteiger partial charge >= 0.3 is 0 Å². The molecular weight excluding hydrogens is 236 g/mol. The lowest BCUT2D eigenvalue weighted by molar-refractivity contribution is -0.109. The smallest absolute Gasteiger partial charge is 0.127 e. The fraction of sp³-hybridized carbons (Fsp3) is 0.235. The van der Waals surface area contributed by atoms with Crippen molar-refractivity contribution >= 4 is 6.29 Å². The van der Waals surface area contributed by atoms with Crippen LogP contribution < -0.4 is 4.74 Å². The van der Waals surface area contributed by atoms with Crippen LogP contribution in [0.1, 0.15) is 22.6 Å². The molecule has 2 aromatic rings. The van der Waals surface area contributed by atoms with E-state index in [1.807, 2.05) is 24.3 Å². The maximum absolute atomic E-state index is 11.4. The first-order valence-electron chi connectivity index (χ1n) is 6.38. The number of methoxy groups -OCH3 is 1. The van der Waals surface area contributed by atoms with E-state index in [0.717, 1.165) is 23.2 Å². The minimum Gasteiger partial charge on any atom is -0.496 e. The second-order valence-electron chi connectivity index (χ2n) is 4.67. The van der Waals surface area contributed by atoms with Crippen molar-refractivity contribution in [2.24, 2.45) is 0 Å². The summed E-state index contributed by atoms with van der Waals surface area (Å²) in [5, 5.41) is 0. The van der Waals surface area contributed by atoms with Crippen LogP contribution in [-0.4, -0.2) is 13.4 Å². The number of carbonyl (C=O) groups excluding carboxylic acids is 1. The highest BCUT2D eigenvalue weighted by atomic mass is 16.5. The Balaban J connectivity index is 2.25. The number of benzene rings is 2. The molecule has 0 N–H and O–H groups in total. The Kier molecular flexibility index (Phi) is 4.35. The van der Waals surface area contributed by atoms with Gasteiger partial charge < -0.3 is 9.53 Å². The van der Waals surface area contributed by atoms with E-state index in [0.29, 0.717) is 6.42 Å². The number of aryl methyl sites for hydroxylation is 1. The quantitative estimate of drug-likeness (QED) is 0.763.